The van der Waals surface area contributed by atoms with Crippen LogP contribution in [-0.2, 0) is 14.4 Å². The van der Waals surface area contributed by atoms with E-state index in [1.807, 2.05) is 6.92 Å². The molecule has 0 aromatic heterocycles. The van der Waals surface area contributed by atoms with Gasteiger partial charge in [0, 0.05) is 13.1 Å². The van der Waals surface area contributed by atoms with Crippen LogP contribution in [-0.4, -0.2) is 64.0 Å². The highest BCUT2D eigenvalue weighted by molar-refractivity contribution is 8.00. The minimum absolute atomic E-state index is 0.0133. The maximum absolute atomic E-state index is 12.2. The summed E-state index contributed by atoms with van der Waals surface area (Å²) in [7, 11) is 0. The van der Waals surface area contributed by atoms with Crippen molar-refractivity contribution in [2.24, 2.45) is 5.41 Å². The number of nitrogens with zero attached hydrogens (tertiary/aromatic N) is 2. The molecule has 2 rings (SSSR count). The number of carbonyl (C=O) groups excluding carboxylic acids is 2. The molecule has 2 heterocycles. The highest BCUT2D eigenvalue weighted by Crippen LogP contribution is 2.35. The lowest BCUT2D eigenvalue weighted by molar-refractivity contribution is -0.149. The van der Waals surface area contributed by atoms with Gasteiger partial charge >= 0.3 is 5.97 Å². The number of rotatable bonds is 5. The van der Waals surface area contributed by atoms with E-state index in [0.717, 1.165) is 6.42 Å². The number of carbonyl (C=O) groups is 3. The van der Waals surface area contributed by atoms with E-state index in [1.165, 1.54) is 16.7 Å². The predicted octanol–water partition coefficient (Wildman–Crippen LogP) is 0.623. The number of amides is 2. The first-order chi connectivity index (χ1) is 9.48. The predicted molar refractivity (Wildman–Crippen MR) is 75.2 cm³/mol. The third-order valence-corrected chi connectivity index (χ3v) is 4.99. The summed E-state index contributed by atoms with van der Waals surface area (Å²) in [6, 6.07) is 0. The lowest BCUT2D eigenvalue weighted by Gasteiger charge is -2.25. The first-order valence-corrected chi connectivity index (χ1v) is 8.01. The zero-order valence-corrected chi connectivity index (χ0v) is 12.4. The quantitative estimate of drug-likeness (QED) is 0.805. The number of carboxylic acids is 1. The molecular formula is C13H20N2O4S. The molecule has 2 amide bonds. The average molecular weight is 300 g/mol. The summed E-state index contributed by atoms with van der Waals surface area (Å²) in [5.41, 5.74) is -0.797. The van der Waals surface area contributed by atoms with Gasteiger partial charge in [-0.25, -0.2) is 0 Å². The third kappa shape index (κ3) is 2.92. The van der Waals surface area contributed by atoms with Gasteiger partial charge in [-0.05, 0) is 12.8 Å². The van der Waals surface area contributed by atoms with Crippen LogP contribution < -0.4 is 0 Å². The lowest BCUT2D eigenvalue weighted by atomic mass is 9.83. The lowest BCUT2D eigenvalue weighted by Crippen LogP contribution is -2.42. The molecule has 20 heavy (non-hydrogen) atoms. The van der Waals surface area contributed by atoms with E-state index in [2.05, 4.69) is 0 Å². The zero-order chi connectivity index (χ0) is 14.8. The van der Waals surface area contributed by atoms with Crippen molar-refractivity contribution in [3.05, 3.63) is 0 Å². The Labute approximate surface area is 122 Å². The summed E-state index contributed by atoms with van der Waals surface area (Å²) in [5.74, 6) is 0.0164. The van der Waals surface area contributed by atoms with E-state index in [9.17, 15) is 19.5 Å². The highest BCUT2D eigenvalue weighted by Gasteiger charge is 2.45. The fraction of sp³-hybridized carbons (Fsp3) is 0.769. The van der Waals surface area contributed by atoms with Crippen LogP contribution in [0, 0.1) is 5.41 Å². The second kappa shape index (κ2) is 6.03. The van der Waals surface area contributed by atoms with Gasteiger partial charge in [-0.2, -0.15) is 0 Å². The van der Waals surface area contributed by atoms with Crippen LogP contribution in [0.5, 0.6) is 0 Å². The molecule has 0 saturated carbocycles. The topological polar surface area (TPSA) is 77.9 Å². The summed E-state index contributed by atoms with van der Waals surface area (Å²) >= 11 is 1.50. The molecule has 0 aliphatic carbocycles. The molecule has 2 aliphatic heterocycles. The molecule has 112 valence electrons. The normalized spacial score (nSPS) is 26.4. The summed E-state index contributed by atoms with van der Waals surface area (Å²) in [6.07, 6.45) is 1.88. The minimum Gasteiger partial charge on any atom is -0.481 e. The summed E-state index contributed by atoms with van der Waals surface area (Å²) < 4.78 is 0. The number of hydrogen-bond acceptors (Lipinski definition) is 4. The van der Waals surface area contributed by atoms with E-state index >= 15 is 0 Å². The number of thioether (sulfide) groups is 1. The Morgan fingerprint density at radius 1 is 1.45 bits per heavy atom. The highest BCUT2D eigenvalue weighted by atomic mass is 32.2. The van der Waals surface area contributed by atoms with Crippen molar-refractivity contribution in [3.8, 4) is 0 Å². The van der Waals surface area contributed by atoms with Crippen molar-refractivity contribution >= 4 is 29.5 Å². The Bertz CT molecular complexity index is 429. The van der Waals surface area contributed by atoms with Gasteiger partial charge in [-0.15, -0.1) is 11.8 Å². The number of likely N-dealkylation sites (tertiary alicyclic amines) is 1. The molecule has 2 aliphatic rings. The van der Waals surface area contributed by atoms with Gasteiger partial charge < -0.3 is 14.9 Å². The van der Waals surface area contributed by atoms with Crippen LogP contribution in [0.15, 0.2) is 0 Å². The summed E-state index contributed by atoms with van der Waals surface area (Å²) in [6.45, 7) is 2.77. The monoisotopic (exact) mass is 300 g/mol. The minimum atomic E-state index is -0.817. The number of aliphatic carboxylic acids is 1. The smallest absolute Gasteiger partial charge is 0.311 e. The number of carboxylic acid groups (broad SMARTS) is 1. The largest absolute Gasteiger partial charge is 0.481 e. The second-order valence-corrected chi connectivity index (χ2v) is 6.43. The first kappa shape index (κ1) is 15.2. The van der Waals surface area contributed by atoms with Crippen molar-refractivity contribution < 1.29 is 19.5 Å². The van der Waals surface area contributed by atoms with Crippen LogP contribution in [0.1, 0.15) is 26.2 Å². The van der Waals surface area contributed by atoms with E-state index < -0.39 is 11.4 Å². The molecule has 1 N–H and O–H groups in total. The van der Waals surface area contributed by atoms with Gasteiger partial charge in [0.15, 0.2) is 0 Å². The van der Waals surface area contributed by atoms with Crippen molar-refractivity contribution in [2.45, 2.75) is 26.2 Å². The van der Waals surface area contributed by atoms with E-state index in [0.29, 0.717) is 31.0 Å². The third-order valence-electron chi connectivity index (χ3n) is 4.04. The molecule has 2 fully saturated rings. The fourth-order valence-corrected chi connectivity index (χ4v) is 3.76. The molecule has 6 nitrogen and oxygen atoms in total. The van der Waals surface area contributed by atoms with Gasteiger partial charge in [0.1, 0.15) is 6.54 Å². The Morgan fingerprint density at radius 2 is 2.20 bits per heavy atom. The maximum Gasteiger partial charge on any atom is 0.311 e. The fourth-order valence-electron chi connectivity index (χ4n) is 2.85. The van der Waals surface area contributed by atoms with E-state index in [1.54, 1.807) is 4.90 Å². The van der Waals surface area contributed by atoms with Crippen LogP contribution in [0.4, 0.5) is 0 Å². The van der Waals surface area contributed by atoms with E-state index in [-0.39, 0.29) is 24.9 Å². The molecular weight excluding hydrogens is 280 g/mol. The first-order valence-electron chi connectivity index (χ1n) is 6.85. The standard InChI is InChI=1S/C13H20N2O4S/c1-2-3-13(12(18)19)4-5-14(8-13)10(16)6-15-9-20-7-11(15)17/h2-9H2,1H3,(H,18,19). The van der Waals surface area contributed by atoms with E-state index in [4.69, 9.17) is 0 Å². The van der Waals surface area contributed by atoms with Crippen molar-refractivity contribution in [1.82, 2.24) is 9.80 Å². The van der Waals surface area contributed by atoms with Crippen molar-refractivity contribution in [3.63, 3.8) is 0 Å². The van der Waals surface area contributed by atoms with Crippen LogP contribution in [0.25, 0.3) is 0 Å². The second-order valence-electron chi connectivity index (χ2n) is 5.47. The van der Waals surface area contributed by atoms with Crippen molar-refractivity contribution in [1.29, 1.82) is 0 Å². The van der Waals surface area contributed by atoms with Crippen LogP contribution in [0.2, 0.25) is 0 Å². The van der Waals surface area contributed by atoms with Gasteiger partial charge in [0.25, 0.3) is 0 Å². The zero-order valence-electron chi connectivity index (χ0n) is 11.6. The average Bonchev–Trinajstić information content (AvgIpc) is 2.98. The molecule has 0 bridgehead atoms. The Hall–Kier alpha value is -1.24. The molecule has 0 spiro atoms. The molecule has 7 heteroatoms. The van der Waals surface area contributed by atoms with Crippen molar-refractivity contribution in [2.75, 3.05) is 31.3 Å². The van der Waals surface area contributed by atoms with Gasteiger partial charge in [0.2, 0.25) is 11.8 Å². The Balaban J connectivity index is 1.95. The SMILES string of the molecule is CCCC1(C(=O)O)CCN(C(=O)CN2CSCC2=O)C1. The van der Waals surface area contributed by atoms with Gasteiger partial charge in [-0.3, -0.25) is 14.4 Å². The molecule has 0 aromatic rings. The van der Waals surface area contributed by atoms with Crippen LogP contribution in [0.3, 0.4) is 0 Å². The van der Waals surface area contributed by atoms with Gasteiger partial charge in [-0.1, -0.05) is 13.3 Å². The maximum atomic E-state index is 12.2. The Morgan fingerprint density at radius 3 is 2.75 bits per heavy atom. The number of hydrogen-bond donors (Lipinski definition) is 1. The van der Waals surface area contributed by atoms with Gasteiger partial charge in [0.05, 0.1) is 17.0 Å². The molecule has 0 radical (unpaired) electrons. The molecule has 1 atom stereocenters. The van der Waals surface area contributed by atoms with Crippen LogP contribution >= 0.6 is 11.8 Å². The molecule has 1 unspecified atom stereocenters. The summed E-state index contributed by atoms with van der Waals surface area (Å²) in [4.78, 5) is 38.3. The molecule has 2 saturated heterocycles. The summed E-state index contributed by atoms with van der Waals surface area (Å²) in [5, 5.41) is 9.41. The Kier molecular flexibility index (Phi) is 4.57. The molecule has 0 aromatic carbocycles.